The molecule has 14 nitrogen and oxygen atoms in total. The third-order valence-corrected chi connectivity index (χ3v) is 14.4. The Balaban J connectivity index is 0.00000272. The molecule has 6 aliphatic rings. The van der Waals surface area contributed by atoms with Gasteiger partial charge >= 0.3 is 0 Å². The second-order valence-electron chi connectivity index (χ2n) is 18.9. The van der Waals surface area contributed by atoms with Crippen molar-refractivity contribution in [1.29, 1.82) is 0 Å². The van der Waals surface area contributed by atoms with Gasteiger partial charge in [0, 0.05) is 96.3 Å². The highest BCUT2D eigenvalue weighted by Gasteiger charge is 2.42. The Kier molecular flexibility index (Phi) is 10.4. The van der Waals surface area contributed by atoms with E-state index in [9.17, 15) is 14.4 Å². The van der Waals surface area contributed by atoms with Crippen LogP contribution in [0.4, 0.5) is 15.9 Å². The number of imide groups is 1. The minimum atomic E-state index is -0.756. The number of anilines is 2. The van der Waals surface area contributed by atoms with Gasteiger partial charge in [-0.3, -0.25) is 34.6 Å². The Morgan fingerprint density at radius 1 is 0.885 bits per heavy atom. The number of nitrogens with one attached hydrogen (secondary N) is 2. The van der Waals surface area contributed by atoms with Gasteiger partial charge in [-0.05, 0) is 108 Å². The number of fused-ring (bicyclic) bond motifs is 2. The van der Waals surface area contributed by atoms with E-state index in [1.165, 1.54) is 4.90 Å². The van der Waals surface area contributed by atoms with Gasteiger partial charge in [-0.25, -0.2) is 14.4 Å². The maximum atomic E-state index is 16.1. The molecule has 4 saturated heterocycles. The first-order valence-corrected chi connectivity index (χ1v) is 22.4. The van der Waals surface area contributed by atoms with Gasteiger partial charge in [-0.1, -0.05) is 0 Å². The summed E-state index contributed by atoms with van der Waals surface area (Å²) in [6.45, 7) is 14.7. The molecule has 1 unspecified atom stereocenters. The number of aromatic amines is 1. The van der Waals surface area contributed by atoms with E-state index in [0.717, 1.165) is 125 Å². The highest BCUT2D eigenvalue weighted by molar-refractivity contribution is 6.05. The predicted molar refractivity (Wildman–Crippen MR) is 234 cm³/mol. The summed E-state index contributed by atoms with van der Waals surface area (Å²) >= 11 is 0. The quantitative estimate of drug-likeness (QED) is 0.185. The summed E-state index contributed by atoms with van der Waals surface area (Å²) in [5.41, 5.74) is 3.74. The number of rotatable bonds is 10. The average molecular weight is 837 g/mol. The van der Waals surface area contributed by atoms with Crippen molar-refractivity contribution >= 4 is 40.1 Å². The lowest BCUT2D eigenvalue weighted by Gasteiger charge is -2.48. The maximum Gasteiger partial charge on any atom is 0.255 e. The van der Waals surface area contributed by atoms with E-state index in [1.807, 2.05) is 12.1 Å². The van der Waals surface area contributed by atoms with Crippen molar-refractivity contribution in [1.82, 2.24) is 40.2 Å². The molecule has 1 saturated carbocycles. The van der Waals surface area contributed by atoms with Crippen LogP contribution in [0.1, 0.15) is 90.9 Å². The predicted octanol–water partition coefficient (Wildman–Crippen LogP) is 5.87. The summed E-state index contributed by atoms with van der Waals surface area (Å²) in [4.78, 5) is 58.0. The second kappa shape index (κ2) is 16.0. The van der Waals surface area contributed by atoms with Crippen molar-refractivity contribution in [2.45, 2.75) is 102 Å². The van der Waals surface area contributed by atoms with Crippen molar-refractivity contribution in [3.8, 4) is 17.1 Å². The summed E-state index contributed by atoms with van der Waals surface area (Å²) in [6, 6.07) is 11.8. The summed E-state index contributed by atoms with van der Waals surface area (Å²) in [6.07, 6.45) is 8.49. The largest absolute Gasteiger partial charge is 0.488 e. The van der Waals surface area contributed by atoms with E-state index in [4.69, 9.17) is 4.74 Å². The third-order valence-electron chi connectivity index (χ3n) is 14.4. The molecular weight excluding hydrogens is 776 g/mol. The van der Waals surface area contributed by atoms with Gasteiger partial charge in [-0.15, -0.1) is 0 Å². The molecule has 61 heavy (non-hydrogen) atoms. The van der Waals surface area contributed by atoms with Crippen LogP contribution in [0.15, 0.2) is 42.7 Å². The number of carbonyl (C=O) groups is 3. The third kappa shape index (κ3) is 7.95. The van der Waals surface area contributed by atoms with Crippen LogP contribution >= 0.6 is 0 Å². The Morgan fingerprint density at radius 3 is 2.33 bits per heavy atom. The van der Waals surface area contributed by atoms with Gasteiger partial charge < -0.3 is 19.4 Å². The second-order valence-corrected chi connectivity index (χ2v) is 18.9. The highest BCUT2D eigenvalue weighted by atomic mass is 19.1. The van der Waals surface area contributed by atoms with E-state index >= 15 is 4.39 Å². The van der Waals surface area contributed by atoms with Crippen molar-refractivity contribution in [2.75, 3.05) is 62.2 Å². The van der Waals surface area contributed by atoms with Crippen LogP contribution in [0.2, 0.25) is 0 Å². The van der Waals surface area contributed by atoms with Crippen molar-refractivity contribution in [3.63, 3.8) is 0 Å². The number of aromatic nitrogens is 4. The Morgan fingerprint density at radius 2 is 1.61 bits per heavy atom. The lowest BCUT2D eigenvalue weighted by Crippen LogP contribution is -2.59. The van der Waals surface area contributed by atoms with Crippen LogP contribution in [-0.4, -0.2) is 129 Å². The molecule has 2 aromatic heterocycles. The first kappa shape index (κ1) is 40.0. The van der Waals surface area contributed by atoms with E-state index in [2.05, 4.69) is 78.0 Å². The first-order valence-electron chi connectivity index (χ1n) is 22.4. The number of ether oxygens (including phenoxy) is 1. The molecule has 3 atom stereocenters. The SMILES string of the molecule is C[C@@H]1CN(CC2CCN(c3cc(-c4n[nH]c5ccc(OC6(C)CC6)cc45)ncn3)CC2)C[C@H](C)N1CC1CCN(c2ccc3c(c2F)CN(C2CCC(=O)NC2=O)C3=O)CC1.[HH].[HH]. The van der Waals surface area contributed by atoms with Crippen LogP contribution in [0.3, 0.4) is 0 Å². The summed E-state index contributed by atoms with van der Waals surface area (Å²) in [5.74, 6) is 1.46. The Labute approximate surface area is 359 Å². The molecule has 326 valence electrons. The van der Waals surface area contributed by atoms with Gasteiger partial charge in [-0.2, -0.15) is 5.10 Å². The number of benzene rings is 2. The molecule has 3 amide bonds. The van der Waals surface area contributed by atoms with Gasteiger partial charge in [0.05, 0.1) is 23.4 Å². The molecule has 2 N–H and O–H groups in total. The minimum Gasteiger partial charge on any atom is -0.488 e. The average Bonchev–Trinajstić information content (AvgIpc) is 3.66. The fourth-order valence-electron chi connectivity index (χ4n) is 10.6. The van der Waals surface area contributed by atoms with Crippen molar-refractivity contribution in [3.05, 3.63) is 59.7 Å². The van der Waals surface area contributed by atoms with Crippen LogP contribution < -0.4 is 19.9 Å². The van der Waals surface area contributed by atoms with Crippen LogP contribution in [-0.2, 0) is 16.1 Å². The van der Waals surface area contributed by atoms with E-state index in [1.54, 1.807) is 18.5 Å². The minimum absolute atomic E-state index is 0. The summed E-state index contributed by atoms with van der Waals surface area (Å²) < 4.78 is 22.3. The van der Waals surface area contributed by atoms with Crippen LogP contribution in [0.25, 0.3) is 22.3 Å². The van der Waals surface area contributed by atoms with E-state index < -0.39 is 11.9 Å². The molecule has 4 aromatic rings. The fraction of sp³-hybridized carbons (Fsp3) is 0.565. The highest BCUT2D eigenvalue weighted by Crippen LogP contribution is 2.41. The van der Waals surface area contributed by atoms with Gasteiger partial charge in [0.2, 0.25) is 11.8 Å². The molecule has 0 bridgehead atoms. The molecule has 2 aromatic carbocycles. The molecular formula is C46H61FN10O4. The van der Waals surface area contributed by atoms with Crippen molar-refractivity contribution in [2.24, 2.45) is 11.8 Å². The topological polar surface area (TPSA) is 143 Å². The molecule has 7 heterocycles. The number of carbonyl (C=O) groups excluding carboxylic acids is 3. The Bertz CT molecular complexity index is 2330. The van der Waals surface area contributed by atoms with Gasteiger partial charge in [0.25, 0.3) is 5.91 Å². The first-order chi connectivity index (χ1) is 29.5. The standard InChI is InChI=1S/C46H57FN10O4.2H2/c1-28-22-53(24-30-12-18-55(19-13-30)40-21-37(48-27-49-40)43-34-20-32(61-46(3)14-15-46)4-6-36(34)51-52-43)23-29(2)56(28)25-31-10-16-54(17-11-31)38-7-5-33-35(42(38)47)26-57(45(33)60)39-8-9-41(58)50-44(39)59;;/h4-7,20-21,27-31,39H,8-19,22-26H2,1-3H3,(H,51,52)(H,50,58,59);2*1H/t28-,29+,39?;;. The zero-order valence-corrected chi connectivity index (χ0v) is 35.5. The van der Waals surface area contributed by atoms with E-state index in [-0.39, 0.29) is 45.5 Å². The number of piperidine rings is 3. The van der Waals surface area contributed by atoms with Crippen LogP contribution in [0.5, 0.6) is 5.75 Å². The lowest BCUT2D eigenvalue weighted by molar-refractivity contribution is -0.136. The lowest BCUT2D eigenvalue weighted by atomic mass is 9.92. The Hall–Kier alpha value is -5.15. The number of halogens is 1. The van der Waals surface area contributed by atoms with Gasteiger partial charge in [0.15, 0.2) is 5.82 Å². The summed E-state index contributed by atoms with van der Waals surface area (Å²) in [7, 11) is 0. The molecule has 15 heteroatoms. The number of H-pyrrole nitrogens is 1. The molecule has 10 rings (SSSR count). The number of amides is 3. The van der Waals surface area contributed by atoms with Gasteiger partial charge in [0.1, 0.15) is 35.2 Å². The molecule has 5 fully saturated rings. The number of piperazine rings is 1. The fourth-order valence-corrected chi connectivity index (χ4v) is 10.6. The van der Waals surface area contributed by atoms with Crippen molar-refractivity contribution < 1.29 is 26.4 Å². The molecule has 0 radical (unpaired) electrons. The molecule has 5 aliphatic heterocycles. The smallest absolute Gasteiger partial charge is 0.255 e. The van der Waals surface area contributed by atoms with E-state index in [0.29, 0.717) is 40.7 Å². The number of hydrogen-bond acceptors (Lipinski definition) is 11. The maximum absolute atomic E-state index is 16.1. The molecule has 0 spiro atoms. The molecule has 1 aliphatic carbocycles. The normalized spacial score (nSPS) is 25.3. The number of nitrogens with zero attached hydrogens (tertiary/aromatic N) is 8. The number of hydrogen-bond donors (Lipinski definition) is 2. The van der Waals surface area contributed by atoms with Crippen LogP contribution in [0, 0.1) is 17.7 Å². The zero-order chi connectivity index (χ0) is 42.0. The monoisotopic (exact) mass is 836 g/mol. The summed E-state index contributed by atoms with van der Waals surface area (Å²) in [5, 5.41) is 11.1. The zero-order valence-electron chi connectivity index (χ0n) is 35.5.